The molecule has 7 heteroatoms. The van der Waals surface area contributed by atoms with Crippen LogP contribution in [0.3, 0.4) is 0 Å². The molecule has 1 amide bonds. The van der Waals surface area contributed by atoms with Gasteiger partial charge in [-0.05, 0) is 68.4 Å². The van der Waals surface area contributed by atoms with Crippen molar-refractivity contribution in [3.63, 3.8) is 0 Å². The molecular formula is C26H21F2NO4. The minimum atomic E-state index is -1.23. The molecule has 1 aliphatic rings. The first-order chi connectivity index (χ1) is 15.8. The SMILES string of the molecule is CC(C)Oc1ccc(/C(O)=C2/C(=O)C(=O)N(c3ccc(F)cc3)C2c2ccccc2F)cc1. The summed E-state index contributed by atoms with van der Waals surface area (Å²) in [6.45, 7) is 3.75. The Morgan fingerprint density at radius 1 is 0.939 bits per heavy atom. The molecule has 0 aromatic heterocycles. The van der Waals surface area contributed by atoms with E-state index in [-0.39, 0.29) is 28.5 Å². The van der Waals surface area contributed by atoms with Crippen LogP contribution in [0.5, 0.6) is 5.75 Å². The summed E-state index contributed by atoms with van der Waals surface area (Å²) in [5.41, 5.74) is 0.241. The van der Waals surface area contributed by atoms with Gasteiger partial charge in [-0.3, -0.25) is 14.5 Å². The lowest BCUT2D eigenvalue weighted by molar-refractivity contribution is -0.132. The Morgan fingerprint density at radius 2 is 1.58 bits per heavy atom. The van der Waals surface area contributed by atoms with Crippen LogP contribution in [-0.2, 0) is 9.59 Å². The quantitative estimate of drug-likeness (QED) is 0.323. The number of halogens is 2. The zero-order valence-electron chi connectivity index (χ0n) is 18.0. The largest absolute Gasteiger partial charge is 0.507 e. The normalized spacial score (nSPS) is 17.6. The summed E-state index contributed by atoms with van der Waals surface area (Å²) in [6, 6.07) is 15.8. The van der Waals surface area contributed by atoms with E-state index in [1.54, 1.807) is 30.3 Å². The lowest BCUT2D eigenvalue weighted by atomic mass is 9.94. The molecule has 1 unspecified atom stereocenters. The van der Waals surface area contributed by atoms with E-state index < -0.39 is 35.1 Å². The number of aliphatic hydroxyl groups excluding tert-OH is 1. The van der Waals surface area contributed by atoms with Gasteiger partial charge in [0, 0.05) is 16.8 Å². The van der Waals surface area contributed by atoms with E-state index in [0.717, 1.165) is 17.0 Å². The first kappa shape index (κ1) is 22.2. The molecule has 1 N–H and O–H groups in total. The van der Waals surface area contributed by atoms with Crippen LogP contribution in [-0.4, -0.2) is 22.9 Å². The maximum absolute atomic E-state index is 14.8. The highest BCUT2D eigenvalue weighted by Crippen LogP contribution is 2.43. The van der Waals surface area contributed by atoms with Crippen LogP contribution in [0, 0.1) is 11.6 Å². The first-order valence-electron chi connectivity index (χ1n) is 10.4. The topological polar surface area (TPSA) is 66.8 Å². The Labute approximate surface area is 189 Å². The summed E-state index contributed by atoms with van der Waals surface area (Å²) in [7, 11) is 0. The number of carbonyl (C=O) groups is 2. The highest BCUT2D eigenvalue weighted by atomic mass is 19.1. The van der Waals surface area contributed by atoms with Crippen molar-refractivity contribution in [2.45, 2.75) is 26.0 Å². The fourth-order valence-electron chi connectivity index (χ4n) is 3.81. The van der Waals surface area contributed by atoms with Crippen LogP contribution < -0.4 is 9.64 Å². The first-order valence-corrected chi connectivity index (χ1v) is 10.4. The summed E-state index contributed by atoms with van der Waals surface area (Å²) in [6.07, 6.45) is -0.0495. The van der Waals surface area contributed by atoms with E-state index in [1.807, 2.05) is 13.8 Å². The highest BCUT2D eigenvalue weighted by Gasteiger charge is 2.47. The molecule has 33 heavy (non-hydrogen) atoms. The van der Waals surface area contributed by atoms with E-state index in [1.165, 1.54) is 30.3 Å². The third-order valence-corrected chi connectivity index (χ3v) is 5.25. The average molecular weight is 449 g/mol. The van der Waals surface area contributed by atoms with Gasteiger partial charge in [0.25, 0.3) is 11.7 Å². The molecule has 1 fully saturated rings. The van der Waals surface area contributed by atoms with Crippen LogP contribution in [0.2, 0.25) is 0 Å². The Balaban J connectivity index is 1.88. The number of amides is 1. The molecule has 5 nitrogen and oxygen atoms in total. The number of aliphatic hydroxyl groups is 1. The Kier molecular flexibility index (Phi) is 5.96. The van der Waals surface area contributed by atoms with Gasteiger partial charge in [0.05, 0.1) is 17.7 Å². The van der Waals surface area contributed by atoms with Gasteiger partial charge in [0.2, 0.25) is 0 Å². The van der Waals surface area contributed by atoms with E-state index >= 15 is 0 Å². The number of rotatable bonds is 5. The fraction of sp³-hybridized carbons (Fsp3) is 0.154. The van der Waals surface area contributed by atoms with E-state index in [9.17, 15) is 23.5 Å². The molecule has 3 aromatic carbocycles. The smallest absolute Gasteiger partial charge is 0.300 e. The number of carbonyl (C=O) groups excluding carboxylic acids is 2. The number of hydrogen-bond donors (Lipinski definition) is 1. The Bertz CT molecular complexity index is 1230. The summed E-state index contributed by atoms with van der Waals surface area (Å²) >= 11 is 0. The highest BCUT2D eigenvalue weighted by molar-refractivity contribution is 6.51. The molecule has 1 aliphatic heterocycles. The van der Waals surface area contributed by atoms with Gasteiger partial charge in [-0.15, -0.1) is 0 Å². The Hall–Kier alpha value is -4.00. The summed E-state index contributed by atoms with van der Waals surface area (Å²) in [4.78, 5) is 27.1. The zero-order chi connectivity index (χ0) is 23.7. The second-order valence-electron chi connectivity index (χ2n) is 7.86. The molecular weight excluding hydrogens is 428 g/mol. The maximum atomic E-state index is 14.8. The minimum absolute atomic E-state index is 0.0299. The van der Waals surface area contributed by atoms with Crippen LogP contribution in [0.1, 0.15) is 31.0 Å². The summed E-state index contributed by atoms with van der Waals surface area (Å²) < 4.78 is 33.9. The predicted molar refractivity (Wildman–Crippen MR) is 120 cm³/mol. The van der Waals surface area contributed by atoms with Gasteiger partial charge in [0.1, 0.15) is 23.1 Å². The van der Waals surface area contributed by atoms with Crippen molar-refractivity contribution in [2.24, 2.45) is 0 Å². The third-order valence-electron chi connectivity index (χ3n) is 5.25. The maximum Gasteiger partial charge on any atom is 0.300 e. The standard InChI is InChI=1S/C26H21F2NO4/c1-15(2)33-19-13-7-16(8-14-19)24(30)22-23(20-5-3-4-6-21(20)28)29(26(32)25(22)31)18-11-9-17(27)10-12-18/h3-15,23,30H,1-2H3/b24-22-. The molecule has 0 aliphatic carbocycles. The van der Waals surface area contributed by atoms with Gasteiger partial charge in [-0.2, -0.15) is 0 Å². The van der Waals surface area contributed by atoms with Crippen molar-refractivity contribution in [1.82, 2.24) is 0 Å². The lowest BCUT2D eigenvalue weighted by Gasteiger charge is -2.25. The van der Waals surface area contributed by atoms with Crippen LogP contribution in [0.25, 0.3) is 5.76 Å². The molecule has 1 saturated heterocycles. The second-order valence-corrected chi connectivity index (χ2v) is 7.86. The number of Topliss-reactive ketones (excluding diaryl/α,β-unsaturated/α-hetero) is 1. The molecule has 168 valence electrons. The molecule has 0 bridgehead atoms. The van der Waals surface area contributed by atoms with Crippen molar-refractivity contribution in [3.05, 3.63) is 101 Å². The number of ether oxygens (including phenoxy) is 1. The summed E-state index contributed by atoms with van der Waals surface area (Å²) in [5.74, 6) is -2.96. The molecule has 0 saturated carbocycles. The van der Waals surface area contributed by atoms with Gasteiger partial charge in [-0.1, -0.05) is 18.2 Å². The van der Waals surface area contributed by atoms with E-state index in [4.69, 9.17) is 4.74 Å². The lowest BCUT2D eigenvalue weighted by Crippen LogP contribution is -2.29. The fourth-order valence-corrected chi connectivity index (χ4v) is 3.81. The van der Waals surface area contributed by atoms with Crippen molar-refractivity contribution < 1.29 is 28.2 Å². The molecule has 1 atom stereocenters. The molecule has 4 rings (SSSR count). The Morgan fingerprint density at radius 3 is 2.18 bits per heavy atom. The predicted octanol–water partition coefficient (Wildman–Crippen LogP) is 5.38. The van der Waals surface area contributed by atoms with Gasteiger partial charge >= 0.3 is 0 Å². The number of anilines is 1. The monoisotopic (exact) mass is 449 g/mol. The van der Waals surface area contributed by atoms with Crippen molar-refractivity contribution in [1.29, 1.82) is 0 Å². The minimum Gasteiger partial charge on any atom is -0.507 e. The van der Waals surface area contributed by atoms with E-state index in [2.05, 4.69) is 0 Å². The number of benzene rings is 3. The summed E-state index contributed by atoms with van der Waals surface area (Å²) in [5, 5.41) is 11.1. The second kappa shape index (κ2) is 8.86. The van der Waals surface area contributed by atoms with Gasteiger partial charge in [-0.25, -0.2) is 8.78 Å². The number of ketones is 1. The van der Waals surface area contributed by atoms with Crippen LogP contribution >= 0.6 is 0 Å². The third kappa shape index (κ3) is 4.22. The zero-order valence-corrected chi connectivity index (χ0v) is 18.0. The molecule has 0 spiro atoms. The van der Waals surface area contributed by atoms with Crippen LogP contribution in [0.4, 0.5) is 14.5 Å². The average Bonchev–Trinajstić information content (AvgIpc) is 3.05. The van der Waals surface area contributed by atoms with Gasteiger partial charge < -0.3 is 9.84 Å². The van der Waals surface area contributed by atoms with Crippen molar-refractivity contribution in [2.75, 3.05) is 4.90 Å². The number of nitrogens with zero attached hydrogens (tertiary/aromatic N) is 1. The molecule has 3 aromatic rings. The number of hydrogen-bond acceptors (Lipinski definition) is 4. The van der Waals surface area contributed by atoms with E-state index in [0.29, 0.717) is 5.75 Å². The van der Waals surface area contributed by atoms with Crippen molar-refractivity contribution in [3.8, 4) is 5.75 Å². The van der Waals surface area contributed by atoms with Crippen LogP contribution in [0.15, 0.2) is 78.4 Å². The molecule has 0 radical (unpaired) electrons. The van der Waals surface area contributed by atoms with Gasteiger partial charge in [0.15, 0.2) is 0 Å². The van der Waals surface area contributed by atoms with Crippen molar-refractivity contribution >= 4 is 23.1 Å². The molecule has 1 heterocycles.